The summed E-state index contributed by atoms with van der Waals surface area (Å²) in [6.45, 7) is 3.54. The first kappa shape index (κ1) is 21.9. The van der Waals surface area contributed by atoms with Crippen LogP contribution < -0.4 is 5.43 Å². The maximum atomic E-state index is 12.5. The monoisotopic (exact) mass is 421 g/mol. The molecule has 8 heteroatoms. The number of hydrogen-bond acceptors (Lipinski definition) is 7. The molecular weight excluding hydrogens is 398 g/mol. The van der Waals surface area contributed by atoms with Gasteiger partial charge in [0.05, 0.1) is 23.4 Å². The normalized spacial score (nSPS) is 13.2. The summed E-state index contributed by atoms with van der Waals surface area (Å²) in [7, 11) is 0. The zero-order chi connectivity index (χ0) is 22.4. The Labute approximate surface area is 179 Å². The molecule has 8 nitrogen and oxygen atoms in total. The van der Waals surface area contributed by atoms with Gasteiger partial charge in [-0.2, -0.15) is 5.10 Å². The van der Waals surface area contributed by atoms with Gasteiger partial charge in [0.2, 0.25) is 0 Å². The summed E-state index contributed by atoms with van der Waals surface area (Å²) in [5.74, 6) is -1.29. The predicted octanol–water partition coefficient (Wildman–Crippen LogP) is 3.30. The molecule has 2 aromatic rings. The van der Waals surface area contributed by atoms with E-state index in [0.717, 1.165) is 0 Å². The third-order valence-corrected chi connectivity index (χ3v) is 4.80. The number of imide groups is 1. The van der Waals surface area contributed by atoms with Crippen LogP contribution in [0, 0.1) is 0 Å². The molecule has 0 bridgehead atoms. The minimum absolute atomic E-state index is 0.0459. The average Bonchev–Trinajstić information content (AvgIpc) is 3.01. The Balaban J connectivity index is 1.64. The van der Waals surface area contributed by atoms with Crippen LogP contribution in [0.3, 0.4) is 0 Å². The third-order valence-electron chi connectivity index (χ3n) is 4.80. The highest BCUT2D eigenvalue weighted by Gasteiger charge is 2.34. The van der Waals surface area contributed by atoms with Crippen molar-refractivity contribution in [1.29, 1.82) is 0 Å². The molecule has 1 N–H and O–H groups in total. The molecular formula is C23H23N3O5. The second kappa shape index (κ2) is 9.80. The Morgan fingerprint density at radius 3 is 2.16 bits per heavy atom. The van der Waals surface area contributed by atoms with Gasteiger partial charge in [0.15, 0.2) is 5.78 Å². The standard InChI is InChI=1S/C23H23N3O5/c1-3-31-23(30)20(25-24-17-12-10-16(11-13-17)15(2)27)9-6-14-26-21(28)18-7-4-5-8-19(18)22(26)29/h4-5,7-8,10-13,24H,3,6,9,14H2,1-2H3/b25-20-. The first-order valence-electron chi connectivity index (χ1n) is 9.98. The summed E-state index contributed by atoms with van der Waals surface area (Å²) in [6, 6.07) is 13.4. The molecule has 1 aliphatic heterocycles. The number of hydrogen-bond donors (Lipinski definition) is 1. The second-order valence-corrected chi connectivity index (χ2v) is 6.94. The van der Waals surface area contributed by atoms with E-state index in [1.165, 1.54) is 11.8 Å². The van der Waals surface area contributed by atoms with Gasteiger partial charge < -0.3 is 4.74 Å². The Morgan fingerprint density at radius 2 is 1.61 bits per heavy atom. The molecule has 0 aliphatic carbocycles. The molecule has 0 atom stereocenters. The van der Waals surface area contributed by atoms with Gasteiger partial charge in [-0.3, -0.25) is 24.7 Å². The number of ether oxygens (including phenoxy) is 1. The number of carbonyl (C=O) groups is 4. The number of fused-ring (bicyclic) bond motifs is 1. The summed E-state index contributed by atoms with van der Waals surface area (Å²) < 4.78 is 5.06. The third kappa shape index (κ3) is 5.03. The van der Waals surface area contributed by atoms with Crippen LogP contribution in [0.5, 0.6) is 0 Å². The van der Waals surface area contributed by atoms with Crippen LogP contribution in [-0.4, -0.2) is 47.3 Å². The summed E-state index contributed by atoms with van der Waals surface area (Å²) >= 11 is 0. The molecule has 160 valence electrons. The van der Waals surface area contributed by atoms with Crippen molar-refractivity contribution in [2.45, 2.75) is 26.7 Å². The highest BCUT2D eigenvalue weighted by molar-refractivity contribution is 6.36. The van der Waals surface area contributed by atoms with Crippen LogP contribution in [0.4, 0.5) is 5.69 Å². The first-order valence-corrected chi connectivity index (χ1v) is 9.98. The summed E-state index contributed by atoms with van der Waals surface area (Å²) in [5, 5.41) is 4.15. The molecule has 2 amide bonds. The first-order chi connectivity index (χ1) is 14.9. The number of nitrogens with zero attached hydrogens (tertiary/aromatic N) is 2. The van der Waals surface area contributed by atoms with Gasteiger partial charge in [0.1, 0.15) is 5.71 Å². The van der Waals surface area contributed by atoms with Crippen molar-refractivity contribution in [3.05, 3.63) is 65.2 Å². The Morgan fingerprint density at radius 1 is 1.00 bits per heavy atom. The Bertz CT molecular complexity index is 1010. The Hall–Kier alpha value is -3.81. The number of nitrogens with one attached hydrogen (secondary N) is 1. The average molecular weight is 421 g/mol. The lowest BCUT2D eigenvalue weighted by atomic mass is 10.1. The number of carbonyl (C=O) groups excluding carboxylic acids is 4. The zero-order valence-electron chi connectivity index (χ0n) is 17.4. The Kier molecular flexibility index (Phi) is 6.92. The van der Waals surface area contributed by atoms with Gasteiger partial charge in [0.25, 0.3) is 11.8 Å². The van der Waals surface area contributed by atoms with Gasteiger partial charge in [-0.05, 0) is 56.7 Å². The molecule has 0 unspecified atom stereocenters. The van der Waals surface area contributed by atoms with Gasteiger partial charge in [-0.25, -0.2) is 4.79 Å². The summed E-state index contributed by atoms with van der Waals surface area (Å²) in [4.78, 5) is 49.7. The van der Waals surface area contributed by atoms with E-state index in [2.05, 4.69) is 10.5 Å². The summed E-state index contributed by atoms with van der Waals surface area (Å²) in [6.07, 6.45) is 0.568. The maximum absolute atomic E-state index is 12.5. The molecule has 31 heavy (non-hydrogen) atoms. The summed E-state index contributed by atoms with van der Waals surface area (Å²) in [5.41, 5.74) is 4.89. The minimum Gasteiger partial charge on any atom is -0.461 e. The number of Topliss-reactive ketones (excluding diaryl/α,β-unsaturated/α-hetero) is 1. The van der Waals surface area contributed by atoms with Crippen LogP contribution in [0.2, 0.25) is 0 Å². The second-order valence-electron chi connectivity index (χ2n) is 6.94. The number of amides is 2. The number of benzene rings is 2. The molecule has 2 aromatic carbocycles. The van der Waals surface area contributed by atoms with Crippen LogP contribution in [0.1, 0.15) is 57.8 Å². The van der Waals surface area contributed by atoms with E-state index in [9.17, 15) is 19.2 Å². The van der Waals surface area contributed by atoms with Crippen molar-refractivity contribution in [2.24, 2.45) is 5.10 Å². The number of hydrazone groups is 1. The van der Waals surface area contributed by atoms with Crippen LogP contribution in [0.15, 0.2) is 53.6 Å². The molecule has 0 aromatic heterocycles. The molecule has 3 rings (SSSR count). The number of rotatable bonds is 9. The van der Waals surface area contributed by atoms with Gasteiger partial charge in [-0.1, -0.05) is 12.1 Å². The van der Waals surface area contributed by atoms with Gasteiger partial charge in [0, 0.05) is 18.5 Å². The molecule has 1 aliphatic rings. The van der Waals surface area contributed by atoms with Crippen molar-refractivity contribution in [3.63, 3.8) is 0 Å². The predicted molar refractivity (Wildman–Crippen MR) is 115 cm³/mol. The molecule has 0 spiro atoms. The van der Waals surface area contributed by atoms with E-state index in [-0.39, 0.29) is 42.9 Å². The van der Waals surface area contributed by atoms with Crippen molar-refractivity contribution >= 4 is 35.0 Å². The fourth-order valence-electron chi connectivity index (χ4n) is 3.18. The molecule has 0 saturated carbocycles. The largest absolute Gasteiger partial charge is 0.461 e. The lowest BCUT2D eigenvalue weighted by Crippen LogP contribution is -2.31. The van der Waals surface area contributed by atoms with Gasteiger partial charge in [-0.15, -0.1) is 0 Å². The van der Waals surface area contributed by atoms with E-state index < -0.39 is 5.97 Å². The van der Waals surface area contributed by atoms with E-state index in [1.54, 1.807) is 55.5 Å². The minimum atomic E-state index is -0.572. The highest BCUT2D eigenvalue weighted by atomic mass is 16.5. The SMILES string of the molecule is CCOC(=O)/C(CCCN1C(=O)c2ccccc2C1=O)=N\Nc1ccc(C(C)=O)cc1. The van der Waals surface area contributed by atoms with Crippen molar-refractivity contribution < 1.29 is 23.9 Å². The number of ketones is 1. The van der Waals surface area contributed by atoms with Crippen LogP contribution in [-0.2, 0) is 9.53 Å². The molecule has 0 fully saturated rings. The zero-order valence-corrected chi connectivity index (χ0v) is 17.4. The lowest BCUT2D eigenvalue weighted by Gasteiger charge is -2.14. The van der Waals surface area contributed by atoms with Gasteiger partial charge >= 0.3 is 5.97 Å². The smallest absolute Gasteiger partial charge is 0.354 e. The fraction of sp³-hybridized carbons (Fsp3) is 0.261. The fourth-order valence-corrected chi connectivity index (χ4v) is 3.18. The maximum Gasteiger partial charge on any atom is 0.354 e. The van der Waals surface area contributed by atoms with Crippen LogP contribution in [0.25, 0.3) is 0 Å². The van der Waals surface area contributed by atoms with E-state index in [4.69, 9.17) is 4.74 Å². The van der Waals surface area contributed by atoms with Crippen LogP contribution >= 0.6 is 0 Å². The highest BCUT2D eigenvalue weighted by Crippen LogP contribution is 2.22. The number of esters is 1. The quantitative estimate of drug-likeness (QED) is 0.219. The molecule has 0 saturated heterocycles. The van der Waals surface area contributed by atoms with Crippen molar-refractivity contribution in [3.8, 4) is 0 Å². The van der Waals surface area contributed by atoms with Crippen molar-refractivity contribution in [2.75, 3.05) is 18.6 Å². The van der Waals surface area contributed by atoms with E-state index in [1.807, 2.05) is 0 Å². The van der Waals surface area contributed by atoms with Crippen molar-refractivity contribution in [1.82, 2.24) is 4.90 Å². The molecule has 0 radical (unpaired) electrons. The van der Waals surface area contributed by atoms with E-state index in [0.29, 0.717) is 28.8 Å². The molecule has 1 heterocycles. The number of anilines is 1. The van der Waals surface area contributed by atoms with E-state index >= 15 is 0 Å². The topological polar surface area (TPSA) is 105 Å². The lowest BCUT2D eigenvalue weighted by molar-refractivity contribution is -0.135.